The normalized spacial score (nSPS) is 15.1. The van der Waals surface area contributed by atoms with E-state index in [4.69, 9.17) is 17.7 Å². The van der Waals surface area contributed by atoms with Gasteiger partial charge in [-0.2, -0.15) is 18.1 Å². The molecule has 0 atom stereocenters. The maximum absolute atomic E-state index is 10.5. The lowest BCUT2D eigenvalue weighted by molar-refractivity contribution is 0.239. The minimum Gasteiger partial charge on any atom is -0.347 e. The molecule has 0 bridgehead atoms. The van der Waals surface area contributed by atoms with Gasteiger partial charge in [-0.25, -0.2) is 4.18 Å². The van der Waals surface area contributed by atoms with Crippen LogP contribution in [0.2, 0.25) is 0 Å². The van der Waals surface area contributed by atoms with Crippen molar-refractivity contribution in [2.75, 3.05) is 13.2 Å². The van der Waals surface area contributed by atoms with Gasteiger partial charge in [0.05, 0.1) is 12.2 Å². The Labute approximate surface area is 118 Å². The van der Waals surface area contributed by atoms with Crippen LogP contribution >= 0.6 is 0 Å². The van der Waals surface area contributed by atoms with E-state index in [1.807, 2.05) is 0 Å². The number of allylic oxidation sites excluding steroid dienone is 5. The number of hydrogen-bond donors (Lipinski definition) is 1. The van der Waals surface area contributed by atoms with Crippen LogP contribution < -0.4 is 0 Å². The molecule has 1 rings (SSSR count). The molecule has 0 saturated heterocycles. The van der Waals surface area contributed by atoms with Crippen LogP contribution in [0.25, 0.3) is 9.69 Å². The molecule has 7 nitrogen and oxygen atoms in total. The predicted molar refractivity (Wildman–Crippen MR) is 72.0 cm³/mol. The molecule has 1 aliphatic rings. The Balaban J connectivity index is 2.89. The van der Waals surface area contributed by atoms with Gasteiger partial charge in [0, 0.05) is 17.9 Å². The first-order valence-corrected chi connectivity index (χ1v) is 6.90. The summed E-state index contributed by atoms with van der Waals surface area (Å²) in [5.41, 5.74) is 2.03. The first-order chi connectivity index (χ1) is 9.28. The van der Waals surface area contributed by atoms with E-state index < -0.39 is 10.4 Å². The fourth-order valence-corrected chi connectivity index (χ4v) is 2.08. The molecule has 20 heavy (non-hydrogen) atoms. The summed E-state index contributed by atoms with van der Waals surface area (Å²) >= 11 is 0. The van der Waals surface area contributed by atoms with E-state index in [9.17, 15) is 8.42 Å². The van der Waals surface area contributed by atoms with Crippen molar-refractivity contribution in [1.29, 1.82) is 0 Å². The Morgan fingerprint density at radius 1 is 1.30 bits per heavy atom. The molecule has 0 aromatic rings. The van der Waals surface area contributed by atoms with E-state index in [2.05, 4.69) is 13.9 Å². The van der Waals surface area contributed by atoms with E-state index >= 15 is 0 Å². The molecule has 1 heterocycles. The average Bonchev–Trinajstić information content (AvgIpc) is 2.33. The van der Waals surface area contributed by atoms with Crippen LogP contribution in [0.1, 0.15) is 13.8 Å². The molecule has 0 aliphatic carbocycles. The summed E-state index contributed by atoms with van der Waals surface area (Å²) in [5.74, 6) is -0.0162. The molecule has 0 unspecified atom stereocenters. The second kappa shape index (κ2) is 6.35. The summed E-state index contributed by atoms with van der Waals surface area (Å²) < 4.78 is 33.7. The Morgan fingerprint density at radius 2 is 1.80 bits per heavy atom. The van der Waals surface area contributed by atoms with E-state index in [0.717, 1.165) is 11.4 Å². The van der Waals surface area contributed by atoms with Crippen LogP contribution in [0.15, 0.2) is 34.9 Å². The van der Waals surface area contributed by atoms with Gasteiger partial charge in [-0.15, -0.1) is 0 Å². The van der Waals surface area contributed by atoms with E-state index in [-0.39, 0.29) is 19.0 Å². The molecule has 0 saturated carbocycles. The van der Waals surface area contributed by atoms with Gasteiger partial charge >= 0.3 is 16.2 Å². The van der Waals surface area contributed by atoms with Crippen LogP contribution in [0, 0.1) is 13.1 Å². The van der Waals surface area contributed by atoms with Crippen molar-refractivity contribution in [3.63, 3.8) is 0 Å². The summed E-state index contributed by atoms with van der Waals surface area (Å²) in [4.78, 5) is 8.06. The summed E-state index contributed by atoms with van der Waals surface area (Å²) in [5, 5.41) is 0. The van der Waals surface area contributed by atoms with Gasteiger partial charge in [-0.05, 0) is 26.0 Å². The van der Waals surface area contributed by atoms with Crippen molar-refractivity contribution in [3.8, 4) is 0 Å². The minimum atomic E-state index is -4.45. The number of rotatable bonds is 4. The van der Waals surface area contributed by atoms with Crippen LogP contribution in [0.4, 0.5) is 0 Å². The van der Waals surface area contributed by atoms with Crippen molar-refractivity contribution in [2.24, 2.45) is 0 Å². The van der Waals surface area contributed by atoms with Crippen LogP contribution in [0.5, 0.6) is 0 Å². The maximum Gasteiger partial charge on any atom is 0.526 e. The largest absolute Gasteiger partial charge is 0.526 e. The third-order valence-corrected chi connectivity index (χ3v) is 3.06. The van der Waals surface area contributed by atoms with Gasteiger partial charge in [0.25, 0.3) is 0 Å². The fourth-order valence-electron chi connectivity index (χ4n) is 1.80. The molecule has 0 aromatic heterocycles. The monoisotopic (exact) mass is 295 g/mol. The molecule has 0 aromatic carbocycles. The third kappa shape index (κ3) is 4.21. The summed E-state index contributed by atoms with van der Waals surface area (Å²) in [7, 11) is -4.45. The van der Waals surface area contributed by atoms with E-state index in [0.29, 0.717) is 5.57 Å². The first kappa shape index (κ1) is 15.9. The first-order valence-electron chi connectivity index (χ1n) is 5.53. The summed E-state index contributed by atoms with van der Waals surface area (Å²) in [6.07, 6.45) is 3.34. The smallest absolute Gasteiger partial charge is 0.347 e. The molecular formula is C12H13N3O4S. The average molecular weight is 295 g/mol. The van der Waals surface area contributed by atoms with Gasteiger partial charge in [0.15, 0.2) is 0 Å². The van der Waals surface area contributed by atoms with Crippen molar-refractivity contribution in [1.82, 2.24) is 4.90 Å². The minimum absolute atomic E-state index is 0.0162. The zero-order chi connectivity index (χ0) is 15.3. The zero-order valence-electron chi connectivity index (χ0n) is 11.0. The van der Waals surface area contributed by atoms with Crippen LogP contribution in [0.3, 0.4) is 0 Å². The van der Waals surface area contributed by atoms with Gasteiger partial charge in [-0.1, -0.05) is 0 Å². The summed E-state index contributed by atoms with van der Waals surface area (Å²) in [6, 6.07) is 0. The highest BCUT2D eigenvalue weighted by Crippen LogP contribution is 2.25. The topological polar surface area (TPSA) is 75.6 Å². The van der Waals surface area contributed by atoms with Crippen molar-refractivity contribution >= 4 is 10.4 Å². The molecule has 0 radical (unpaired) electrons. The SMILES string of the molecule is [C-]#[N+]C([N+]#[C-])=C1C=C(C)N(CCOS(=O)(=O)O)C(C)=C1. The fraction of sp³-hybridized carbons (Fsp3) is 0.333. The van der Waals surface area contributed by atoms with Gasteiger partial charge in [-0.3, -0.25) is 4.55 Å². The van der Waals surface area contributed by atoms with Gasteiger partial charge in [0.1, 0.15) is 13.1 Å². The molecule has 0 spiro atoms. The number of hydrogen-bond acceptors (Lipinski definition) is 4. The quantitative estimate of drug-likeness (QED) is 0.634. The zero-order valence-corrected chi connectivity index (χ0v) is 11.8. The molecule has 106 valence electrons. The summed E-state index contributed by atoms with van der Waals surface area (Å²) in [6.45, 7) is 17.4. The van der Waals surface area contributed by atoms with Crippen LogP contribution in [-0.4, -0.2) is 31.0 Å². The highest BCUT2D eigenvalue weighted by atomic mass is 32.3. The Bertz CT molecular complexity index is 636. The molecule has 0 fully saturated rings. The molecule has 1 N–H and O–H groups in total. The third-order valence-electron chi connectivity index (χ3n) is 2.60. The van der Waals surface area contributed by atoms with E-state index in [1.54, 1.807) is 30.9 Å². The Hall–Kier alpha value is -2.13. The Kier molecular flexibility index (Phi) is 5.06. The lowest BCUT2D eigenvalue weighted by Crippen LogP contribution is -2.27. The molecule has 8 heteroatoms. The molecule has 0 amide bonds. The highest BCUT2D eigenvalue weighted by molar-refractivity contribution is 7.80. The van der Waals surface area contributed by atoms with Crippen molar-refractivity contribution in [2.45, 2.75) is 13.8 Å². The highest BCUT2D eigenvalue weighted by Gasteiger charge is 2.19. The molecular weight excluding hydrogens is 282 g/mol. The molecule has 1 aliphatic heterocycles. The lowest BCUT2D eigenvalue weighted by atomic mass is 10.1. The van der Waals surface area contributed by atoms with Crippen LogP contribution in [-0.2, 0) is 14.6 Å². The van der Waals surface area contributed by atoms with Gasteiger partial charge in [0.2, 0.25) is 0 Å². The maximum atomic E-state index is 10.5. The second-order valence-corrected chi connectivity index (χ2v) is 5.07. The lowest BCUT2D eigenvalue weighted by Gasteiger charge is -2.28. The number of nitrogens with zero attached hydrogens (tertiary/aromatic N) is 3. The van der Waals surface area contributed by atoms with E-state index in [1.165, 1.54) is 0 Å². The van der Waals surface area contributed by atoms with Crippen molar-refractivity contribution in [3.05, 3.63) is 57.8 Å². The van der Waals surface area contributed by atoms with Gasteiger partial charge < -0.3 is 4.90 Å². The Morgan fingerprint density at radius 3 is 2.20 bits per heavy atom. The standard InChI is InChI=1S/C12H13N3O4S/c1-9-7-11(12(13-3)14-4)8-10(2)15(9)5-6-19-20(16,17)18/h7-8H,5-6H2,1-2H3,(H,16,17,18). The van der Waals surface area contributed by atoms with Crippen molar-refractivity contribution < 1.29 is 17.2 Å². The second-order valence-electron chi connectivity index (χ2n) is 3.98. The predicted octanol–water partition coefficient (Wildman–Crippen LogP) is 1.98.